The van der Waals surface area contributed by atoms with Gasteiger partial charge in [0.15, 0.2) is 0 Å². The fourth-order valence-electron chi connectivity index (χ4n) is 2.61. The predicted octanol–water partition coefficient (Wildman–Crippen LogP) is 1.92. The van der Waals surface area contributed by atoms with Crippen LogP contribution in [0, 0.1) is 0 Å². The first kappa shape index (κ1) is 13.3. The summed E-state index contributed by atoms with van der Waals surface area (Å²) in [5.74, 6) is 1.23. The van der Waals surface area contributed by atoms with Crippen molar-refractivity contribution in [2.45, 2.75) is 25.4 Å². The van der Waals surface area contributed by atoms with Crippen LogP contribution in [0.4, 0.5) is 0 Å². The summed E-state index contributed by atoms with van der Waals surface area (Å²) in [6.45, 7) is 2.80. The minimum absolute atomic E-state index is 0.584. The first-order valence-corrected chi connectivity index (χ1v) is 7.11. The van der Waals surface area contributed by atoms with E-state index >= 15 is 0 Å². The summed E-state index contributed by atoms with van der Waals surface area (Å²) in [5, 5.41) is 11.6. The first-order valence-electron chi connectivity index (χ1n) is 7.11. The van der Waals surface area contributed by atoms with Gasteiger partial charge in [-0.25, -0.2) is 0 Å². The lowest BCUT2D eigenvalue weighted by atomic mass is 10.2. The zero-order chi connectivity index (χ0) is 13.8. The molecule has 1 aliphatic heterocycles. The molecule has 1 aromatic heterocycles. The molecular formula is C15H20N4O. The highest BCUT2D eigenvalue weighted by Crippen LogP contribution is 2.17. The smallest absolute Gasteiger partial charge is 0.247 e. The van der Waals surface area contributed by atoms with Crippen molar-refractivity contribution in [3.8, 4) is 11.5 Å². The van der Waals surface area contributed by atoms with E-state index < -0.39 is 0 Å². The van der Waals surface area contributed by atoms with E-state index in [1.807, 2.05) is 30.3 Å². The van der Waals surface area contributed by atoms with E-state index in [0.29, 0.717) is 24.4 Å². The predicted molar refractivity (Wildman–Crippen MR) is 77.1 cm³/mol. The van der Waals surface area contributed by atoms with Crippen LogP contribution in [0.1, 0.15) is 18.7 Å². The molecule has 20 heavy (non-hydrogen) atoms. The van der Waals surface area contributed by atoms with Crippen LogP contribution < -0.4 is 5.32 Å². The number of aromatic nitrogens is 2. The van der Waals surface area contributed by atoms with Gasteiger partial charge < -0.3 is 14.6 Å². The fraction of sp³-hybridized carbons (Fsp3) is 0.467. The van der Waals surface area contributed by atoms with E-state index in [4.69, 9.17) is 4.42 Å². The lowest BCUT2D eigenvalue weighted by Gasteiger charge is -2.19. The summed E-state index contributed by atoms with van der Waals surface area (Å²) in [7, 11) is 2.18. The van der Waals surface area contributed by atoms with E-state index in [-0.39, 0.29) is 0 Å². The van der Waals surface area contributed by atoms with Gasteiger partial charge in [-0.05, 0) is 38.6 Å². The van der Waals surface area contributed by atoms with Gasteiger partial charge in [0.05, 0.1) is 6.54 Å². The summed E-state index contributed by atoms with van der Waals surface area (Å²) in [4.78, 5) is 2.40. The summed E-state index contributed by atoms with van der Waals surface area (Å²) >= 11 is 0. The maximum atomic E-state index is 5.66. The maximum Gasteiger partial charge on any atom is 0.247 e. The van der Waals surface area contributed by atoms with Crippen LogP contribution in [0.15, 0.2) is 34.7 Å². The van der Waals surface area contributed by atoms with Gasteiger partial charge in [0.1, 0.15) is 0 Å². The van der Waals surface area contributed by atoms with Crippen molar-refractivity contribution in [3.63, 3.8) is 0 Å². The van der Waals surface area contributed by atoms with Crippen LogP contribution in [-0.2, 0) is 6.54 Å². The third kappa shape index (κ3) is 3.05. The SMILES string of the molecule is CN1CCCC1CNCc1nnc(-c2ccccc2)o1. The lowest BCUT2D eigenvalue weighted by Crippen LogP contribution is -2.35. The minimum atomic E-state index is 0.584. The highest BCUT2D eigenvalue weighted by atomic mass is 16.4. The molecule has 5 heteroatoms. The summed E-state index contributed by atoms with van der Waals surface area (Å²) in [5.41, 5.74) is 0.960. The van der Waals surface area contributed by atoms with Crippen molar-refractivity contribution in [1.82, 2.24) is 20.4 Å². The maximum absolute atomic E-state index is 5.66. The van der Waals surface area contributed by atoms with Gasteiger partial charge in [-0.2, -0.15) is 0 Å². The van der Waals surface area contributed by atoms with E-state index in [0.717, 1.165) is 12.1 Å². The highest BCUT2D eigenvalue weighted by molar-refractivity contribution is 5.51. The van der Waals surface area contributed by atoms with Gasteiger partial charge in [-0.3, -0.25) is 0 Å². The van der Waals surface area contributed by atoms with Gasteiger partial charge in [-0.15, -0.1) is 10.2 Å². The zero-order valence-corrected chi connectivity index (χ0v) is 11.7. The molecule has 1 unspecified atom stereocenters. The molecule has 2 aromatic rings. The molecule has 1 atom stereocenters. The Kier molecular flexibility index (Phi) is 4.08. The molecular weight excluding hydrogens is 252 g/mol. The Labute approximate surface area is 119 Å². The number of nitrogens with zero attached hydrogens (tertiary/aromatic N) is 3. The second kappa shape index (κ2) is 6.15. The highest BCUT2D eigenvalue weighted by Gasteiger charge is 2.20. The molecule has 5 nitrogen and oxygen atoms in total. The van der Waals surface area contributed by atoms with Gasteiger partial charge in [-0.1, -0.05) is 18.2 Å². The van der Waals surface area contributed by atoms with E-state index in [9.17, 15) is 0 Å². The second-order valence-corrected chi connectivity index (χ2v) is 5.27. The second-order valence-electron chi connectivity index (χ2n) is 5.27. The number of hydrogen-bond donors (Lipinski definition) is 1. The Morgan fingerprint density at radius 1 is 1.30 bits per heavy atom. The van der Waals surface area contributed by atoms with Crippen LogP contribution in [-0.4, -0.2) is 41.3 Å². The van der Waals surface area contributed by atoms with E-state index in [1.165, 1.54) is 19.4 Å². The Balaban J connectivity index is 1.53. The Morgan fingerprint density at radius 3 is 2.90 bits per heavy atom. The summed E-state index contributed by atoms with van der Waals surface area (Å²) in [6, 6.07) is 10.5. The normalized spacial score (nSPS) is 19.6. The van der Waals surface area contributed by atoms with E-state index in [1.54, 1.807) is 0 Å². The zero-order valence-electron chi connectivity index (χ0n) is 11.7. The quantitative estimate of drug-likeness (QED) is 0.901. The van der Waals surface area contributed by atoms with Crippen LogP contribution in [0.25, 0.3) is 11.5 Å². The first-order chi connectivity index (χ1) is 9.83. The number of likely N-dealkylation sites (tertiary alicyclic amines) is 1. The molecule has 0 aliphatic carbocycles. The van der Waals surface area contributed by atoms with Crippen molar-refractivity contribution in [1.29, 1.82) is 0 Å². The van der Waals surface area contributed by atoms with Crippen molar-refractivity contribution in [2.75, 3.05) is 20.1 Å². The Morgan fingerprint density at radius 2 is 2.15 bits per heavy atom. The Hall–Kier alpha value is -1.72. The van der Waals surface area contributed by atoms with Crippen molar-refractivity contribution in [2.24, 2.45) is 0 Å². The van der Waals surface area contributed by atoms with Crippen LogP contribution >= 0.6 is 0 Å². The molecule has 0 bridgehead atoms. The molecule has 1 fully saturated rings. The molecule has 0 saturated carbocycles. The lowest BCUT2D eigenvalue weighted by molar-refractivity contribution is 0.297. The van der Waals surface area contributed by atoms with Crippen LogP contribution in [0.3, 0.4) is 0 Å². The topological polar surface area (TPSA) is 54.2 Å². The summed E-state index contributed by atoms with van der Waals surface area (Å²) in [6.07, 6.45) is 2.56. The molecule has 0 radical (unpaired) electrons. The molecule has 1 N–H and O–H groups in total. The molecule has 1 aromatic carbocycles. The molecule has 0 spiro atoms. The molecule has 3 rings (SSSR count). The number of rotatable bonds is 5. The number of nitrogens with one attached hydrogen (secondary N) is 1. The molecule has 106 valence electrons. The number of benzene rings is 1. The van der Waals surface area contributed by atoms with Gasteiger partial charge >= 0.3 is 0 Å². The molecule has 2 heterocycles. The van der Waals surface area contributed by atoms with Crippen LogP contribution in [0.2, 0.25) is 0 Å². The minimum Gasteiger partial charge on any atom is -0.419 e. The van der Waals surface area contributed by atoms with Gasteiger partial charge in [0.2, 0.25) is 11.8 Å². The Bertz CT molecular complexity index is 540. The largest absolute Gasteiger partial charge is 0.419 e. The van der Waals surface area contributed by atoms with E-state index in [2.05, 4.69) is 27.5 Å². The van der Waals surface area contributed by atoms with Crippen LogP contribution in [0.5, 0.6) is 0 Å². The monoisotopic (exact) mass is 272 g/mol. The molecule has 1 saturated heterocycles. The van der Waals surface area contributed by atoms with Crippen molar-refractivity contribution < 1.29 is 4.42 Å². The fourth-order valence-corrected chi connectivity index (χ4v) is 2.61. The van der Waals surface area contributed by atoms with Gasteiger partial charge in [0.25, 0.3) is 0 Å². The molecule has 0 amide bonds. The summed E-state index contributed by atoms with van der Waals surface area (Å²) < 4.78 is 5.66. The third-order valence-corrected chi connectivity index (χ3v) is 3.82. The molecule has 1 aliphatic rings. The number of hydrogen-bond acceptors (Lipinski definition) is 5. The standard InChI is InChI=1S/C15H20N4O/c1-19-9-5-8-13(19)10-16-11-14-17-18-15(20-14)12-6-3-2-4-7-12/h2-4,6-7,13,16H,5,8-11H2,1H3. The van der Waals surface area contributed by atoms with Crippen molar-refractivity contribution >= 4 is 0 Å². The average molecular weight is 272 g/mol. The number of likely N-dealkylation sites (N-methyl/N-ethyl adjacent to an activating group) is 1. The average Bonchev–Trinajstić information content (AvgIpc) is 3.10. The third-order valence-electron chi connectivity index (χ3n) is 3.82. The van der Waals surface area contributed by atoms with Crippen molar-refractivity contribution in [3.05, 3.63) is 36.2 Å². The van der Waals surface area contributed by atoms with Gasteiger partial charge in [0, 0.05) is 18.2 Å².